The van der Waals surface area contributed by atoms with E-state index in [1.807, 2.05) is 42.5 Å². The van der Waals surface area contributed by atoms with Crippen molar-refractivity contribution in [2.45, 2.75) is 12.5 Å². The summed E-state index contributed by atoms with van der Waals surface area (Å²) in [6.07, 6.45) is 0.463. The maximum Gasteiger partial charge on any atom is 0.259 e. The number of ether oxygens (including phenoxy) is 2. The molecule has 0 aromatic heterocycles. The Hall–Kier alpha value is -3.80. The molecule has 30 heavy (non-hydrogen) atoms. The second-order valence-corrected chi connectivity index (χ2v) is 7.24. The highest BCUT2D eigenvalue weighted by atomic mass is 16.6. The van der Waals surface area contributed by atoms with Crippen LogP contribution in [0.25, 0.3) is 0 Å². The van der Waals surface area contributed by atoms with E-state index in [4.69, 9.17) is 9.47 Å². The van der Waals surface area contributed by atoms with Crippen LogP contribution in [0.4, 0.5) is 11.4 Å². The number of para-hydroxylation sites is 1. The van der Waals surface area contributed by atoms with Gasteiger partial charge in [0.05, 0.1) is 0 Å². The molecule has 1 unspecified atom stereocenters. The van der Waals surface area contributed by atoms with Gasteiger partial charge in [0.15, 0.2) is 11.5 Å². The van der Waals surface area contributed by atoms with Crippen LogP contribution in [-0.2, 0) is 11.2 Å². The maximum atomic E-state index is 13.3. The predicted octanol–water partition coefficient (Wildman–Crippen LogP) is 3.67. The molecule has 6 nitrogen and oxygen atoms in total. The van der Waals surface area contributed by atoms with Gasteiger partial charge < -0.3 is 14.8 Å². The summed E-state index contributed by atoms with van der Waals surface area (Å²) in [5, 5.41) is 2.94. The molecule has 3 aromatic carbocycles. The van der Waals surface area contributed by atoms with Crippen LogP contribution in [0, 0.1) is 0 Å². The number of nitrogens with one attached hydrogen (secondary N) is 1. The summed E-state index contributed by atoms with van der Waals surface area (Å²) in [5.74, 6) is 0.828. The number of anilines is 2. The Balaban J connectivity index is 1.43. The van der Waals surface area contributed by atoms with E-state index in [9.17, 15) is 9.59 Å². The molecule has 1 N–H and O–H groups in total. The number of carbonyl (C=O) groups is 2. The van der Waals surface area contributed by atoms with E-state index in [1.165, 1.54) is 0 Å². The minimum absolute atomic E-state index is 0.192. The van der Waals surface area contributed by atoms with Crippen molar-refractivity contribution in [1.29, 1.82) is 0 Å². The van der Waals surface area contributed by atoms with Gasteiger partial charge in [-0.1, -0.05) is 36.4 Å². The fourth-order valence-electron chi connectivity index (χ4n) is 3.91. The first-order valence-corrected chi connectivity index (χ1v) is 9.88. The minimum Gasteiger partial charge on any atom is -0.486 e. The number of amides is 2. The number of hydrogen-bond donors (Lipinski definition) is 1. The molecule has 6 heteroatoms. The van der Waals surface area contributed by atoms with E-state index in [2.05, 4.69) is 5.32 Å². The molecule has 2 amide bonds. The largest absolute Gasteiger partial charge is 0.486 e. The summed E-state index contributed by atoms with van der Waals surface area (Å²) in [6.45, 7) is 0.983. The fraction of sp³-hybridized carbons (Fsp3) is 0.167. The van der Waals surface area contributed by atoms with Gasteiger partial charge in [0.1, 0.15) is 19.3 Å². The zero-order chi connectivity index (χ0) is 20.5. The third-order valence-corrected chi connectivity index (χ3v) is 5.33. The van der Waals surface area contributed by atoms with Crippen LogP contribution >= 0.6 is 0 Å². The lowest BCUT2D eigenvalue weighted by atomic mass is 10.1. The molecular weight excluding hydrogens is 380 g/mol. The van der Waals surface area contributed by atoms with Crippen LogP contribution in [0.5, 0.6) is 11.5 Å². The lowest BCUT2D eigenvalue weighted by Gasteiger charge is -2.25. The van der Waals surface area contributed by atoms with E-state index in [0.717, 1.165) is 11.3 Å². The third-order valence-electron chi connectivity index (χ3n) is 5.33. The number of fused-ring (bicyclic) bond motifs is 2. The number of benzene rings is 3. The third kappa shape index (κ3) is 3.26. The summed E-state index contributed by atoms with van der Waals surface area (Å²) in [7, 11) is 0. The van der Waals surface area contributed by atoms with Gasteiger partial charge in [-0.2, -0.15) is 0 Å². The molecule has 0 saturated carbocycles. The maximum absolute atomic E-state index is 13.3. The number of rotatable bonds is 3. The van der Waals surface area contributed by atoms with Gasteiger partial charge in [0, 0.05) is 29.4 Å². The molecule has 1 atom stereocenters. The Bertz CT molecular complexity index is 1110. The molecule has 5 rings (SSSR count). The second-order valence-electron chi connectivity index (χ2n) is 7.24. The van der Waals surface area contributed by atoms with Crippen LogP contribution in [0.15, 0.2) is 72.8 Å². The van der Waals surface area contributed by atoms with Gasteiger partial charge in [-0.3, -0.25) is 14.5 Å². The van der Waals surface area contributed by atoms with Gasteiger partial charge in [-0.25, -0.2) is 0 Å². The molecule has 0 radical (unpaired) electrons. The molecule has 0 fully saturated rings. The lowest BCUT2D eigenvalue weighted by molar-refractivity contribution is -0.117. The number of carbonyl (C=O) groups excluding carboxylic acids is 2. The van der Waals surface area contributed by atoms with E-state index >= 15 is 0 Å². The van der Waals surface area contributed by atoms with Gasteiger partial charge in [-0.15, -0.1) is 0 Å². The fourth-order valence-corrected chi connectivity index (χ4v) is 3.91. The molecule has 0 aliphatic carbocycles. The summed E-state index contributed by atoms with van der Waals surface area (Å²) < 4.78 is 11.1. The molecule has 2 aliphatic rings. The summed E-state index contributed by atoms with van der Waals surface area (Å²) in [5.41, 5.74) is 2.90. The Morgan fingerprint density at radius 2 is 1.60 bits per heavy atom. The smallest absolute Gasteiger partial charge is 0.259 e. The van der Waals surface area contributed by atoms with Crippen molar-refractivity contribution in [2.24, 2.45) is 0 Å². The Labute approximate surface area is 174 Å². The van der Waals surface area contributed by atoms with Crippen LogP contribution in [0.3, 0.4) is 0 Å². The number of hydrogen-bond acceptors (Lipinski definition) is 4. The van der Waals surface area contributed by atoms with Crippen molar-refractivity contribution >= 4 is 23.2 Å². The highest BCUT2D eigenvalue weighted by Crippen LogP contribution is 2.35. The highest BCUT2D eigenvalue weighted by molar-refractivity contribution is 6.13. The first kappa shape index (κ1) is 18.2. The van der Waals surface area contributed by atoms with Crippen molar-refractivity contribution in [1.82, 2.24) is 0 Å². The van der Waals surface area contributed by atoms with E-state index in [1.54, 1.807) is 35.2 Å². The van der Waals surface area contributed by atoms with Gasteiger partial charge >= 0.3 is 0 Å². The molecule has 0 spiro atoms. The molecule has 150 valence electrons. The summed E-state index contributed by atoms with van der Waals surface area (Å²) in [6, 6.07) is 21.3. The Morgan fingerprint density at radius 1 is 0.867 bits per heavy atom. The zero-order valence-corrected chi connectivity index (χ0v) is 16.2. The highest BCUT2D eigenvalue weighted by Gasteiger charge is 2.38. The van der Waals surface area contributed by atoms with Crippen molar-refractivity contribution < 1.29 is 19.1 Å². The quantitative estimate of drug-likeness (QED) is 0.729. The normalized spacial score (nSPS) is 16.7. The second kappa shape index (κ2) is 7.55. The predicted molar refractivity (Wildman–Crippen MR) is 113 cm³/mol. The van der Waals surface area contributed by atoms with Crippen LogP contribution in [0.2, 0.25) is 0 Å². The molecule has 3 aromatic rings. The summed E-state index contributed by atoms with van der Waals surface area (Å²) in [4.78, 5) is 28.1. The van der Waals surface area contributed by atoms with Crippen molar-refractivity contribution in [2.75, 3.05) is 23.4 Å². The first-order chi connectivity index (χ1) is 14.7. The van der Waals surface area contributed by atoms with Crippen LogP contribution < -0.4 is 19.7 Å². The molecule has 2 heterocycles. The van der Waals surface area contributed by atoms with Crippen LogP contribution in [0.1, 0.15) is 15.9 Å². The SMILES string of the molecule is O=C(Nc1ccc2c(c1)OCCO2)C1Cc2ccccc2N1C(=O)c1ccccc1. The molecule has 2 aliphatic heterocycles. The lowest BCUT2D eigenvalue weighted by Crippen LogP contribution is -2.45. The average Bonchev–Trinajstić information content (AvgIpc) is 3.19. The minimum atomic E-state index is -0.636. The topological polar surface area (TPSA) is 67.9 Å². The first-order valence-electron chi connectivity index (χ1n) is 9.88. The molecule has 0 saturated heterocycles. The average molecular weight is 400 g/mol. The van der Waals surface area contributed by atoms with Crippen LogP contribution in [-0.4, -0.2) is 31.1 Å². The van der Waals surface area contributed by atoms with Gasteiger partial charge in [0.2, 0.25) is 5.91 Å². The Kier molecular flexibility index (Phi) is 4.59. The number of nitrogens with zero attached hydrogens (tertiary/aromatic N) is 1. The molecular formula is C24H20N2O4. The van der Waals surface area contributed by atoms with Crippen molar-refractivity contribution in [3.8, 4) is 11.5 Å². The monoisotopic (exact) mass is 400 g/mol. The summed E-state index contributed by atoms with van der Waals surface area (Å²) >= 11 is 0. The standard InChI is InChI=1S/C24H20N2O4/c27-23(25-18-10-11-21-22(15-18)30-13-12-29-21)20-14-17-8-4-5-9-19(17)26(20)24(28)16-6-2-1-3-7-16/h1-11,15,20H,12-14H2,(H,25,27). The van der Waals surface area contributed by atoms with E-state index in [0.29, 0.717) is 42.4 Å². The Morgan fingerprint density at radius 3 is 2.43 bits per heavy atom. The molecule has 0 bridgehead atoms. The van der Waals surface area contributed by atoms with E-state index in [-0.39, 0.29) is 11.8 Å². The van der Waals surface area contributed by atoms with Crippen molar-refractivity contribution in [3.05, 3.63) is 83.9 Å². The zero-order valence-electron chi connectivity index (χ0n) is 16.2. The van der Waals surface area contributed by atoms with Gasteiger partial charge in [-0.05, 0) is 35.9 Å². The van der Waals surface area contributed by atoms with E-state index < -0.39 is 6.04 Å². The van der Waals surface area contributed by atoms with Gasteiger partial charge in [0.25, 0.3) is 5.91 Å². The van der Waals surface area contributed by atoms with Crippen molar-refractivity contribution in [3.63, 3.8) is 0 Å².